The first kappa shape index (κ1) is 24.7. The Morgan fingerprint density at radius 3 is 2.17 bits per heavy atom. The lowest BCUT2D eigenvalue weighted by Crippen LogP contribution is -2.39. The van der Waals surface area contributed by atoms with Crippen LogP contribution >= 0.6 is 0 Å². The lowest BCUT2D eigenvalue weighted by Gasteiger charge is -2.32. The molecule has 2 rings (SSSR count). The van der Waals surface area contributed by atoms with Crippen LogP contribution in [0.25, 0.3) is 0 Å². The van der Waals surface area contributed by atoms with E-state index in [2.05, 4.69) is 30.7 Å². The van der Waals surface area contributed by atoms with Crippen molar-refractivity contribution in [1.29, 1.82) is 0 Å². The van der Waals surface area contributed by atoms with Crippen molar-refractivity contribution in [1.82, 2.24) is 9.21 Å². The molecule has 0 spiro atoms. The van der Waals surface area contributed by atoms with Crippen LogP contribution in [0.5, 0.6) is 0 Å². The van der Waals surface area contributed by atoms with Crippen LogP contribution in [0.1, 0.15) is 51.0 Å². The molecular formula is C22H31F3N2O2S. The highest BCUT2D eigenvalue weighted by Gasteiger charge is 2.33. The fourth-order valence-electron chi connectivity index (χ4n) is 3.72. The summed E-state index contributed by atoms with van der Waals surface area (Å²) >= 11 is 0. The van der Waals surface area contributed by atoms with Crippen LogP contribution < -0.4 is 0 Å². The van der Waals surface area contributed by atoms with E-state index in [0.717, 1.165) is 63.0 Å². The minimum absolute atomic E-state index is 0.115. The molecule has 1 aliphatic rings. The number of hydrogen-bond acceptors (Lipinski definition) is 3. The summed E-state index contributed by atoms with van der Waals surface area (Å²) in [7, 11) is -0.236. The number of nitrogens with zero attached hydrogens (tertiary/aromatic N) is 2. The summed E-state index contributed by atoms with van der Waals surface area (Å²) in [5, 5.41) is 0. The van der Waals surface area contributed by atoms with Gasteiger partial charge in [0.15, 0.2) is 0 Å². The van der Waals surface area contributed by atoms with E-state index in [9.17, 15) is 21.6 Å². The van der Waals surface area contributed by atoms with Gasteiger partial charge < -0.3 is 4.90 Å². The van der Waals surface area contributed by atoms with Gasteiger partial charge in [0.2, 0.25) is 10.0 Å². The first-order valence-corrected chi connectivity index (χ1v) is 11.8. The minimum atomic E-state index is -4.49. The highest BCUT2D eigenvalue weighted by Crippen LogP contribution is 2.32. The third kappa shape index (κ3) is 6.73. The molecule has 0 saturated heterocycles. The normalized spacial score (nSPS) is 20.3. The lowest BCUT2D eigenvalue weighted by atomic mass is 9.86. The van der Waals surface area contributed by atoms with Gasteiger partial charge in [0, 0.05) is 32.0 Å². The van der Waals surface area contributed by atoms with E-state index < -0.39 is 21.8 Å². The third-order valence-corrected chi connectivity index (χ3v) is 7.52. The van der Waals surface area contributed by atoms with Gasteiger partial charge in [-0.1, -0.05) is 12.8 Å². The summed E-state index contributed by atoms with van der Waals surface area (Å²) in [6, 6.07) is 3.52. The molecule has 1 aromatic rings. The van der Waals surface area contributed by atoms with Crippen LogP contribution in [0.2, 0.25) is 0 Å². The predicted octanol–water partition coefficient (Wildman–Crippen LogP) is 4.62. The van der Waals surface area contributed by atoms with Gasteiger partial charge in [-0.3, -0.25) is 0 Å². The average Bonchev–Trinajstić information content (AvgIpc) is 2.71. The first-order valence-electron chi connectivity index (χ1n) is 10.4. The van der Waals surface area contributed by atoms with E-state index in [0.29, 0.717) is 12.8 Å². The van der Waals surface area contributed by atoms with E-state index in [1.54, 1.807) is 0 Å². The highest BCUT2D eigenvalue weighted by atomic mass is 32.2. The van der Waals surface area contributed by atoms with Crippen LogP contribution in [-0.2, 0) is 16.2 Å². The standard InChI is InChI=1S/C22H31F3N2O2S/c1-4-16-26(2)17-6-5-7-18-8-12-20(13-9-18)27(3)30(28,29)21-14-10-19(11-15-21)22(23,24)25/h10-11,14-15,18,20H,4,6,8-9,12-13,16-17H2,1-3H3/t18-,20-. The third-order valence-electron chi connectivity index (χ3n) is 5.60. The SMILES string of the molecule is CCCN(C)CCC#C[C@H]1CC[C@H](N(C)S(=O)(=O)c2ccc(C(F)(F)F)cc2)CC1. The Labute approximate surface area is 178 Å². The monoisotopic (exact) mass is 444 g/mol. The summed E-state index contributed by atoms with van der Waals surface area (Å²) in [4.78, 5) is 2.14. The van der Waals surface area contributed by atoms with Crippen LogP contribution in [0.3, 0.4) is 0 Å². The molecule has 0 heterocycles. The zero-order chi connectivity index (χ0) is 22.4. The first-order chi connectivity index (χ1) is 14.1. The quantitative estimate of drug-likeness (QED) is 0.576. The van der Waals surface area contributed by atoms with Crippen molar-refractivity contribution in [3.63, 3.8) is 0 Å². The Hall–Kier alpha value is -1.56. The van der Waals surface area contributed by atoms with Crippen molar-refractivity contribution in [3.05, 3.63) is 29.8 Å². The van der Waals surface area contributed by atoms with Crippen LogP contribution in [0.4, 0.5) is 13.2 Å². The highest BCUT2D eigenvalue weighted by molar-refractivity contribution is 7.89. The maximum Gasteiger partial charge on any atom is 0.416 e. The average molecular weight is 445 g/mol. The van der Waals surface area contributed by atoms with E-state index >= 15 is 0 Å². The van der Waals surface area contributed by atoms with Gasteiger partial charge in [0.25, 0.3) is 0 Å². The van der Waals surface area contributed by atoms with Crippen LogP contribution in [0.15, 0.2) is 29.2 Å². The molecule has 168 valence electrons. The molecule has 0 aromatic heterocycles. The Kier molecular flexibility index (Phi) is 8.77. The van der Waals surface area contributed by atoms with Crippen molar-refractivity contribution < 1.29 is 21.6 Å². The second-order valence-electron chi connectivity index (χ2n) is 7.92. The van der Waals surface area contributed by atoms with E-state index in [1.807, 2.05) is 0 Å². The fourth-order valence-corrected chi connectivity index (χ4v) is 5.13. The van der Waals surface area contributed by atoms with Crippen molar-refractivity contribution in [2.45, 2.75) is 62.6 Å². The Morgan fingerprint density at radius 2 is 1.63 bits per heavy atom. The van der Waals surface area contributed by atoms with Gasteiger partial charge in [0.05, 0.1) is 10.5 Å². The van der Waals surface area contributed by atoms with Crippen LogP contribution in [-0.4, -0.2) is 50.8 Å². The molecular weight excluding hydrogens is 413 g/mol. The molecule has 30 heavy (non-hydrogen) atoms. The number of benzene rings is 1. The molecule has 0 bridgehead atoms. The molecule has 1 saturated carbocycles. The van der Waals surface area contributed by atoms with Gasteiger partial charge in [-0.15, -0.1) is 5.92 Å². The molecule has 0 N–H and O–H groups in total. The maximum absolute atomic E-state index is 12.8. The molecule has 1 aromatic carbocycles. The molecule has 8 heteroatoms. The van der Waals surface area contributed by atoms with E-state index in [1.165, 1.54) is 11.4 Å². The molecule has 0 unspecified atom stereocenters. The number of hydrogen-bond donors (Lipinski definition) is 0. The molecule has 0 atom stereocenters. The number of sulfonamides is 1. The second-order valence-corrected chi connectivity index (χ2v) is 9.92. The topological polar surface area (TPSA) is 40.6 Å². The van der Waals surface area contributed by atoms with Crippen molar-refractivity contribution >= 4 is 10.0 Å². The number of alkyl halides is 3. The molecule has 4 nitrogen and oxygen atoms in total. The number of rotatable bonds is 7. The van der Waals surface area contributed by atoms with Gasteiger partial charge in [-0.25, -0.2) is 8.42 Å². The second kappa shape index (κ2) is 10.7. The summed E-state index contributed by atoms with van der Waals surface area (Å²) in [6.07, 6.45) is 0.524. The van der Waals surface area contributed by atoms with Crippen LogP contribution in [0, 0.1) is 17.8 Å². The predicted molar refractivity (Wildman–Crippen MR) is 112 cm³/mol. The Bertz CT molecular complexity index is 834. The lowest BCUT2D eigenvalue weighted by molar-refractivity contribution is -0.137. The smallest absolute Gasteiger partial charge is 0.305 e. The largest absolute Gasteiger partial charge is 0.416 e. The van der Waals surface area contributed by atoms with Gasteiger partial charge >= 0.3 is 6.18 Å². The summed E-state index contributed by atoms with van der Waals surface area (Å²) in [6.45, 7) is 4.16. The summed E-state index contributed by atoms with van der Waals surface area (Å²) < 4.78 is 65.1. The molecule has 1 fully saturated rings. The Morgan fingerprint density at radius 1 is 1.03 bits per heavy atom. The zero-order valence-electron chi connectivity index (χ0n) is 17.9. The molecule has 0 amide bonds. The van der Waals surface area contributed by atoms with Gasteiger partial charge in [-0.2, -0.15) is 17.5 Å². The maximum atomic E-state index is 12.8. The minimum Gasteiger partial charge on any atom is -0.305 e. The van der Waals surface area contributed by atoms with Gasteiger partial charge in [-0.05, 0) is 70.0 Å². The zero-order valence-corrected chi connectivity index (χ0v) is 18.7. The molecule has 0 aliphatic heterocycles. The summed E-state index contributed by atoms with van der Waals surface area (Å²) in [5.74, 6) is 6.84. The fraction of sp³-hybridized carbons (Fsp3) is 0.636. The van der Waals surface area contributed by atoms with Crippen molar-refractivity contribution in [3.8, 4) is 11.8 Å². The van der Waals surface area contributed by atoms with Crippen molar-refractivity contribution in [2.75, 3.05) is 27.2 Å². The van der Waals surface area contributed by atoms with Gasteiger partial charge in [0.1, 0.15) is 0 Å². The number of halogens is 3. The van der Waals surface area contributed by atoms with Crippen molar-refractivity contribution in [2.24, 2.45) is 5.92 Å². The van der Waals surface area contributed by atoms with E-state index in [-0.39, 0.29) is 16.9 Å². The molecule has 1 aliphatic carbocycles. The molecule has 0 radical (unpaired) electrons. The Balaban J connectivity index is 1.91. The summed E-state index contributed by atoms with van der Waals surface area (Å²) in [5.41, 5.74) is -0.857. The van der Waals surface area contributed by atoms with E-state index in [4.69, 9.17) is 0 Å².